The average Bonchev–Trinajstić information content (AvgIpc) is 2.49. The van der Waals surface area contributed by atoms with E-state index in [0.29, 0.717) is 0 Å². The van der Waals surface area contributed by atoms with Crippen LogP contribution >= 0.6 is 11.6 Å². The summed E-state index contributed by atoms with van der Waals surface area (Å²) in [5, 5.41) is 4.18. The molecule has 0 aliphatic heterocycles. The van der Waals surface area contributed by atoms with Gasteiger partial charge in [-0.1, -0.05) is 29.8 Å². The molecule has 0 atom stereocenters. The first-order chi connectivity index (χ1) is 9.81. The van der Waals surface area contributed by atoms with Crippen molar-refractivity contribution in [1.82, 2.24) is 15.3 Å². The summed E-state index contributed by atoms with van der Waals surface area (Å²) in [5.74, 6) is 0. The second-order valence-electron chi connectivity index (χ2n) is 4.61. The molecule has 0 bridgehead atoms. The third-order valence-corrected chi connectivity index (χ3v) is 3.36. The van der Waals surface area contributed by atoms with E-state index < -0.39 is 0 Å². The molecular weight excluding hydrogens is 270 g/mol. The normalized spacial score (nSPS) is 10.8. The Balaban J connectivity index is 1.63. The van der Waals surface area contributed by atoms with Gasteiger partial charge in [0.2, 0.25) is 0 Å². The molecule has 3 aromatic rings. The molecule has 1 heterocycles. The van der Waals surface area contributed by atoms with Gasteiger partial charge in [-0.3, -0.25) is 9.97 Å². The molecule has 0 aliphatic carbocycles. The Hall–Kier alpha value is -1.97. The molecule has 20 heavy (non-hydrogen) atoms. The molecule has 100 valence electrons. The van der Waals surface area contributed by atoms with E-state index in [9.17, 15) is 0 Å². The van der Waals surface area contributed by atoms with Crippen LogP contribution in [0.4, 0.5) is 0 Å². The van der Waals surface area contributed by atoms with E-state index in [1.165, 1.54) is 11.1 Å². The molecule has 3 rings (SSSR count). The highest BCUT2D eigenvalue weighted by Gasteiger charge is 1.98. The zero-order chi connectivity index (χ0) is 13.8. The third-order valence-electron chi connectivity index (χ3n) is 3.11. The van der Waals surface area contributed by atoms with E-state index in [4.69, 9.17) is 11.6 Å². The number of rotatable bonds is 4. The minimum atomic E-state index is 0.766. The summed E-state index contributed by atoms with van der Waals surface area (Å²) in [7, 11) is 0. The number of hydrogen-bond donors (Lipinski definition) is 1. The summed E-state index contributed by atoms with van der Waals surface area (Å²) >= 11 is 5.86. The van der Waals surface area contributed by atoms with Gasteiger partial charge >= 0.3 is 0 Å². The lowest BCUT2D eigenvalue weighted by molar-refractivity contribution is 0.694. The summed E-state index contributed by atoms with van der Waals surface area (Å²) in [6.07, 6.45) is 3.42. The molecule has 0 saturated carbocycles. The minimum absolute atomic E-state index is 0.766. The predicted octanol–water partition coefficient (Wildman–Crippen LogP) is 3.57. The summed E-state index contributed by atoms with van der Waals surface area (Å²) in [6, 6.07) is 14.0. The topological polar surface area (TPSA) is 37.8 Å². The fraction of sp³-hybridized carbons (Fsp3) is 0.125. The molecule has 3 nitrogen and oxygen atoms in total. The molecule has 0 radical (unpaired) electrons. The maximum atomic E-state index is 5.86. The van der Waals surface area contributed by atoms with Gasteiger partial charge in [0.1, 0.15) is 0 Å². The van der Waals surface area contributed by atoms with Gasteiger partial charge in [0.15, 0.2) is 0 Å². The predicted molar refractivity (Wildman–Crippen MR) is 81.5 cm³/mol. The summed E-state index contributed by atoms with van der Waals surface area (Å²) in [6.45, 7) is 1.62. The molecule has 0 spiro atoms. The first-order valence-corrected chi connectivity index (χ1v) is 6.84. The molecule has 1 N–H and O–H groups in total. The SMILES string of the molecule is Clc1ccc(CNCc2ccc3nccnc3c2)cc1. The molecule has 2 aromatic carbocycles. The fourth-order valence-electron chi connectivity index (χ4n) is 2.07. The smallest absolute Gasteiger partial charge is 0.0890 e. The van der Waals surface area contributed by atoms with Gasteiger partial charge in [-0.15, -0.1) is 0 Å². The van der Waals surface area contributed by atoms with E-state index in [1.54, 1.807) is 12.4 Å². The Morgan fingerprint density at radius 3 is 2.25 bits per heavy atom. The van der Waals surface area contributed by atoms with Gasteiger partial charge in [0.25, 0.3) is 0 Å². The highest BCUT2D eigenvalue weighted by Crippen LogP contribution is 2.12. The van der Waals surface area contributed by atoms with Gasteiger partial charge in [0.05, 0.1) is 11.0 Å². The Labute approximate surface area is 122 Å². The Morgan fingerprint density at radius 2 is 1.45 bits per heavy atom. The monoisotopic (exact) mass is 283 g/mol. The molecule has 0 aliphatic rings. The van der Waals surface area contributed by atoms with Gasteiger partial charge in [0, 0.05) is 30.5 Å². The van der Waals surface area contributed by atoms with Crippen molar-refractivity contribution in [1.29, 1.82) is 0 Å². The van der Waals surface area contributed by atoms with Crippen molar-refractivity contribution >= 4 is 22.6 Å². The van der Waals surface area contributed by atoms with E-state index in [0.717, 1.165) is 29.1 Å². The first kappa shape index (κ1) is 13.0. The largest absolute Gasteiger partial charge is 0.309 e. The molecule has 0 fully saturated rings. The van der Waals surface area contributed by atoms with Crippen LogP contribution in [0.25, 0.3) is 11.0 Å². The fourth-order valence-corrected chi connectivity index (χ4v) is 2.20. The number of nitrogens with zero attached hydrogens (tertiary/aromatic N) is 2. The standard InChI is InChI=1S/C16H14ClN3/c17-14-4-1-12(2-5-14)10-18-11-13-3-6-15-16(9-13)20-8-7-19-15/h1-9,18H,10-11H2. The van der Waals surface area contributed by atoms with Crippen molar-refractivity contribution in [2.75, 3.05) is 0 Å². The highest BCUT2D eigenvalue weighted by molar-refractivity contribution is 6.30. The molecule has 0 amide bonds. The number of hydrogen-bond acceptors (Lipinski definition) is 3. The van der Waals surface area contributed by atoms with Gasteiger partial charge in [-0.2, -0.15) is 0 Å². The summed E-state index contributed by atoms with van der Waals surface area (Å²) < 4.78 is 0. The van der Waals surface area contributed by atoms with E-state index in [2.05, 4.69) is 27.4 Å². The minimum Gasteiger partial charge on any atom is -0.309 e. The lowest BCUT2D eigenvalue weighted by Gasteiger charge is -2.06. The second kappa shape index (κ2) is 5.99. The van der Waals surface area contributed by atoms with Crippen LogP contribution in [0.1, 0.15) is 11.1 Å². The van der Waals surface area contributed by atoms with Crippen molar-refractivity contribution < 1.29 is 0 Å². The zero-order valence-corrected chi connectivity index (χ0v) is 11.6. The maximum absolute atomic E-state index is 5.86. The number of nitrogens with one attached hydrogen (secondary N) is 1. The van der Waals surface area contributed by atoms with Crippen LogP contribution < -0.4 is 5.32 Å². The second-order valence-corrected chi connectivity index (χ2v) is 5.05. The zero-order valence-electron chi connectivity index (χ0n) is 10.9. The van der Waals surface area contributed by atoms with Crippen LogP contribution in [-0.2, 0) is 13.1 Å². The Kier molecular flexibility index (Phi) is 3.90. The van der Waals surface area contributed by atoms with Crippen LogP contribution in [0.2, 0.25) is 5.02 Å². The van der Waals surface area contributed by atoms with Crippen LogP contribution in [0.15, 0.2) is 54.9 Å². The van der Waals surface area contributed by atoms with Crippen LogP contribution in [0.3, 0.4) is 0 Å². The summed E-state index contributed by atoms with van der Waals surface area (Å²) in [5.41, 5.74) is 4.27. The molecule has 0 saturated heterocycles. The Morgan fingerprint density at radius 1 is 0.800 bits per heavy atom. The van der Waals surface area contributed by atoms with E-state index in [1.807, 2.05) is 30.3 Å². The van der Waals surface area contributed by atoms with E-state index >= 15 is 0 Å². The number of halogens is 1. The highest BCUT2D eigenvalue weighted by atomic mass is 35.5. The lowest BCUT2D eigenvalue weighted by atomic mass is 10.2. The van der Waals surface area contributed by atoms with Crippen LogP contribution in [0.5, 0.6) is 0 Å². The average molecular weight is 284 g/mol. The number of aromatic nitrogens is 2. The summed E-state index contributed by atoms with van der Waals surface area (Å²) in [4.78, 5) is 8.58. The van der Waals surface area contributed by atoms with Crippen LogP contribution in [-0.4, -0.2) is 9.97 Å². The van der Waals surface area contributed by atoms with Crippen molar-refractivity contribution in [2.24, 2.45) is 0 Å². The van der Waals surface area contributed by atoms with Gasteiger partial charge < -0.3 is 5.32 Å². The Bertz CT molecular complexity index is 710. The van der Waals surface area contributed by atoms with E-state index in [-0.39, 0.29) is 0 Å². The van der Waals surface area contributed by atoms with Crippen molar-refractivity contribution in [3.63, 3.8) is 0 Å². The molecule has 4 heteroatoms. The maximum Gasteiger partial charge on any atom is 0.0890 e. The lowest BCUT2D eigenvalue weighted by Crippen LogP contribution is -2.12. The van der Waals surface area contributed by atoms with Crippen molar-refractivity contribution in [3.8, 4) is 0 Å². The first-order valence-electron chi connectivity index (χ1n) is 6.46. The van der Waals surface area contributed by atoms with Gasteiger partial charge in [-0.25, -0.2) is 0 Å². The third kappa shape index (κ3) is 3.13. The number of benzene rings is 2. The van der Waals surface area contributed by atoms with Crippen molar-refractivity contribution in [2.45, 2.75) is 13.1 Å². The number of fused-ring (bicyclic) bond motifs is 1. The van der Waals surface area contributed by atoms with Crippen LogP contribution in [0, 0.1) is 0 Å². The molecule has 1 aromatic heterocycles. The van der Waals surface area contributed by atoms with Gasteiger partial charge in [-0.05, 0) is 35.4 Å². The van der Waals surface area contributed by atoms with Crippen molar-refractivity contribution in [3.05, 3.63) is 71.0 Å². The molecular formula is C16H14ClN3. The quantitative estimate of drug-likeness (QED) is 0.795. The molecule has 0 unspecified atom stereocenters.